The minimum absolute atomic E-state index is 0.305. The number of likely N-dealkylation sites (N-methyl/N-ethyl adjacent to an activating group) is 1. The number of morpholine rings is 1. The van der Waals surface area contributed by atoms with E-state index in [2.05, 4.69) is 46.4 Å². The van der Waals surface area contributed by atoms with Crippen molar-refractivity contribution in [1.29, 1.82) is 0 Å². The lowest BCUT2D eigenvalue weighted by atomic mass is 10.2. The van der Waals surface area contributed by atoms with Crippen LogP contribution in [0.2, 0.25) is 0 Å². The van der Waals surface area contributed by atoms with Crippen LogP contribution in [0.15, 0.2) is 43.0 Å². The Morgan fingerprint density at radius 2 is 2.18 bits per heavy atom. The summed E-state index contributed by atoms with van der Waals surface area (Å²) in [7, 11) is 0. The molecule has 0 aliphatic carbocycles. The largest absolute Gasteiger partial charge is 0.374 e. The van der Waals surface area contributed by atoms with E-state index < -0.39 is 0 Å². The van der Waals surface area contributed by atoms with Crippen molar-refractivity contribution in [3.05, 3.63) is 48.5 Å². The standard InChI is InChI=1S/C17H24N4O/c1-2-20-9-10-22-17(13-20)12-19-11-15-3-5-16(6-4-15)21-8-7-18-14-21/h3-8,14,17,19H,2,9-13H2,1H3/t17-/m1/s1. The molecule has 1 N–H and O–H groups in total. The fourth-order valence-electron chi connectivity index (χ4n) is 2.77. The van der Waals surface area contributed by atoms with Crippen molar-refractivity contribution in [1.82, 2.24) is 19.8 Å². The monoisotopic (exact) mass is 300 g/mol. The van der Waals surface area contributed by atoms with Crippen LogP contribution in [0.1, 0.15) is 12.5 Å². The van der Waals surface area contributed by atoms with Crippen LogP contribution >= 0.6 is 0 Å². The lowest BCUT2D eigenvalue weighted by Gasteiger charge is -2.32. The highest BCUT2D eigenvalue weighted by Gasteiger charge is 2.18. The van der Waals surface area contributed by atoms with E-state index in [0.717, 1.165) is 45.0 Å². The maximum atomic E-state index is 5.80. The van der Waals surface area contributed by atoms with Gasteiger partial charge in [0.15, 0.2) is 0 Å². The maximum Gasteiger partial charge on any atom is 0.0991 e. The lowest BCUT2D eigenvalue weighted by Crippen LogP contribution is -2.46. The van der Waals surface area contributed by atoms with Gasteiger partial charge in [-0.05, 0) is 24.2 Å². The van der Waals surface area contributed by atoms with Crippen LogP contribution < -0.4 is 5.32 Å². The molecule has 3 rings (SSSR count). The number of aromatic nitrogens is 2. The highest BCUT2D eigenvalue weighted by molar-refractivity contribution is 5.34. The zero-order chi connectivity index (χ0) is 15.2. The average molecular weight is 300 g/mol. The van der Waals surface area contributed by atoms with Gasteiger partial charge in [-0.1, -0.05) is 19.1 Å². The molecule has 0 radical (unpaired) electrons. The Hall–Kier alpha value is -1.69. The molecule has 1 aliphatic heterocycles. The zero-order valence-electron chi connectivity index (χ0n) is 13.1. The van der Waals surface area contributed by atoms with Crippen LogP contribution in [0.5, 0.6) is 0 Å². The van der Waals surface area contributed by atoms with E-state index in [4.69, 9.17) is 4.74 Å². The fourth-order valence-corrected chi connectivity index (χ4v) is 2.77. The smallest absolute Gasteiger partial charge is 0.0991 e. The summed E-state index contributed by atoms with van der Waals surface area (Å²) in [5.74, 6) is 0. The van der Waals surface area contributed by atoms with Crippen LogP contribution in [-0.2, 0) is 11.3 Å². The predicted molar refractivity (Wildman–Crippen MR) is 87.1 cm³/mol. The molecule has 1 atom stereocenters. The molecule has 0 bridgehead atoms. The number of imidazole rings is 1. The number of ether oxygens (including phenoxy) is 1. The molecule has 5 heteroatoms. The predicted octanol–water partition coefficient (Wildman–Crippen LogP) is 1.68. The second-order valence-electron chi connectivity index (χ2n) is 5.65. The summed E-state index contributed by atoms with van der Waals surface area (Å²) in [4.78, 5) is 6.51. The summed E-state index contributed by atoms with van der Waals surface area (Å²) in [5, 5.41) is 3.50. The van der Waals surface area contributed by atoms with Gasteiger partial charge in [-0.2, -0.15) is 0 Å². The molecule has 1 aromatic carbocycles. The number of rotatable bonds is 6. The molecule has 5 nitrogen and oxygen atoms in total. The molecule has 22 heavy (non-hydrogen) atoms. The zero-order valence-corrected chi connectivity index (χ0v) is 13.1. The van der Waals surface area contributed by atoms with Gasteiger partial charge in [0, 0.05) is 44.3 Å². The second-order valence-corrected chi connectivity index (χ2v) is 5.65. The Morgan fingerprint density at radius 1 is 1.32 bits per heavy atom. The van der Waals surface area contributed by atoms with Gasteiger partial charge in [-0.25, -0.2) is 4.98 Å². The molecule has 0 saturated carbocycles. The summed E-state index contributed by atoms with van der Waals surface area (Å²) in [6, 6.07) is 8.55. The number of benzene rings is 1. The minimum atomic E-state index is 0.305. The van der Waals surface area contributed by atoms with Gasteiger partial charge in [0.25, 0.3) is 0 Å². The van der Waals surface area contributed by atoms with E-state index >= 15 is 0 Å². The number of nitrogens with zero attached hydrogens (tertiary/aromatic N) is 3. The molecule has 0 amide bonds. The van der Waals surface area contributed by atoms with E-state index in [1.54, 1.807) is 6.20 Å². The van der Waals surface area contributed by atoms with Gasteiger partial charge >= 0.3 is 0 Å². The Labute approximate surface area is 131 Å². The van der Waals surface area contributed by atoms with Gasteiger partial charge in [-0.15, -0.1) is 0 Å². The third kappa shape index (κ3) is 3.94. The quantitative estimate of drug-likeness (QED) is 0.881. The number of hydrogen-bond acceptors (Lipinski definition) is 4. The van der Waals surface area contributed by atoms with Crippen LogP contribution in [0.25, 0.3) is 5.69 Å². The molecule has 1 saturated heterocycles. The molecule has 118 valence electrons. The summed E-state index contributed by atoms with van der Waals surface area (Å²) in [6.45, 7) is 8.02. The Bertz CT molecular complexity index is 553. The molecule has 2 aromatic rings. The summed E-state index contributed by atoms with van der Waals surface area (Å²) in [6.07, 6.45) is 5.86. The summed E-state index contributed by atoms with van der Waals surface area (Å²) >= 11 is 0. The maximum absolute atomic E-state index is 5.80. The highest BCUT2D eigenvalue weighted by atomic mass is 16.5. The topological polar surface area (TPSA) is 42.3 Å². The SMILES string of the molecule is CCN1CCO[C@H](CNCc2ccc(-n3ccnc3)cc2)C1. The van der Waals surface area contributed by atoms with Crippen molar-refractivity contribution in [3.8, 4) is 5.69 Å². The minimum Gasteiger partial charge on any atom is -0.374 e. The van der Waals surface area contributed by atoms with Crippen molar-refractivity contribution in [2.75, 3.05) is 32.8 Å². The first kappa shape index (κ1) is 15.2. The Morgan fingerprint density at radius 3 is 2.91 bits per heavy atom. The normalized spacial score (nSPS) is 19.4. The first-order valence-electron chi connectivity index (χ1n) is 7.97. The molecule has 1 aromatic heterocycles. The first-order chi connectivity index (χ1) is 10.8. The number of hydrogen-bond donors (Lipinski definition) is 1. The van der Waals surface area contributed by atoms with Crippen LogP contribution in [0.4, 0.5) is 0 Å². The van der Waals surface area contributed by atoms with Crippen molar-refractivity contribution < 1.29 is 4.74 Å². The highest BCUT2D eigenvalue weighted by Crippen LogP contribution is 2.09. The van der Waals surface area contributed by atoms with Gasteiger partial charge in [0.05, 0.1) is 19.0 Å². The third-order valence-corrected chi connectivity index (χ3v) is 4.11. The van der Waals surface area contributed by atoms with Crippen LogP contribution in [0.3, 0.4) is 0 Å². The van der Waals surface area contributed by atoms with E-state index in [0.29, 0.717) is 6.10 Å². The van der Waals surface area contributed by atoms with Crippen molar-refractivity contribution in [3.63, 3.8) is 0 Å². The van der Waals surface area contributed by atoms with E-state index in [1.165, 1.54) is 5.56 Å². The van der Waals surface area contributed by atoms with Gasteiger partial charge in [0.1, 0.15) is 0 Å². The van der Waals surface area contributed by atoms with Gasteiger partial charge < -0.3 is 14.6 Å². The van der Waals surface area contributed by atoms with Gasteiger partial charge in [-0.3, -0.25) is 4.90 Å². The van der Waals surface area contributed by atoms with E-state index in [9.17, 15) is 0 Å². The molecule has 0 spiro atoms. The summed E-state index contributed by atoms with van der Waals surface area (Å²) in [5.41, 5.74) is 2.42. The van der Waals surface area contributed by atoms with Crippen molar-refractivity contribution in [2.24, 2.45) is 0 Å². The molecule has 0 unspecified atom stereocenters. The molecule has 2 heterocycles. The Balaban J connectivity index is 1.45. The summed E-state index contributed by atoms with van der Waals surface area (Å²) < 4.78 is 7.81. The first-order valence-corrected chi connectivity index (χ1v) is 7.97. The fraction of sp³-hybridized carbons (Fsp3) is 0.471. The molecule has 1 aliphatic rings. The van der Waals surface area contributed by atoms with Crippen molar-refractivity contribution in [2.45, 2.75) is 19.6 Å². The molecular formula is C17H24N4O. The average Bonchev–Trinajstić information content (AvgIpc) is 3.10. The second kappa shape index (κ2) is 7.54. The van der Waals surface area contributed by atoms with E-state index in [-0.39, 0.29) is 0 Å². The van der Waals surface area contributed by atoms with Crippen LogP contribution in [0, 0.1) is 0 Å². The Kier molecular flexibility index (Phi) is 5.21. The molecule has 1 fully saturated rings. The van der Waals surface area contributed by atoms with Crippen LogP contribution in [-0.4, -0.2) is 53.3 Å². The van der Waals surface area contributed by atoms with E-state index in [1.807, 2.05) is 17.1 Å². The number of nitrogens with one attached hydrogen (secondary N) is 1. The van der Waals surface area contributed by atoms with Gasteiger partial charge in [0.2, 0.25) is 0 Å². The molecular weight excluding hydrogens is 276 g/mol. The lowest BCUT2D eigenvalue weighted by molar-refractivity contribution is -0.0253. The van der Waals surface area contributed by atoms with Crippen molar-refractivity contribution >= 4 is 0 Å². The third-order valence-electron chi connectivity index (χ3n) is 4.11.